The Labute approximate surface area is 105 Å². The molecule has 94 valence electrons. The van der Waals surface area contributed by atoms with Crippen molar-refractivity contribution >= 4 is 11.7 Å². The Balaban J connectivity index is 1.75. The highest BCUT2D eigenvalue weighted by atomic mass is 16.1. The zero-order valence-electron chi connectivity index (χ0n) is 9.91. The summed E-state index contributed by atoms with van der Waals surface area (Å²) in [5.74, 6) is 0.141. The van der Waals surface area contributed by atoms with E-state index in [1.165, 1.54) is 0 Å². The second-order valence-electron chi connectivity index (χ2n) is 3.83. The van der Waals surface area contributed by atoms with Gasteiger partial charge in [0.2, 0.25) is 0 Å². The number of nitrogens with two attached hydrogens (primary N) is 1. The number of carbonyl (C=O) groups is 1. The fourth-order valence-corrected chi connectivity index (χ4v) is 1.54. The Hall–Kier alpha value is -2.37. The lowest BCUT2D eigenvalue weighted by Crippen LogP contribution is -2.26. The fraction of sp³-hybridized carbons (Fsp3) is 0.250. The van der Waals surface area contributed by atoms with E-state index in [0.29, 0.717) is 18.1 Å². The summed E-state index contributed by atoms with van der Waals surface area (Å²) in [6.07, 6.45) is 4.44. The highest BCUT2D eigenvalue weighted by Gasteiger charge is 2.05. The van der Waals surface area contributed by atoms with Crippen LogP contribution in [0.25, 0.3) is 0 Å². The fourth-order valence-electron chi connectivity index (χ4n) is 1.54. The molecule has 0 atom stereocenters. The SMILES string of the molecule is Nc1cccc(C(=O)NCCCn2cccn2)n1. The predicted molar refractivity (Wildman–Crippen MR) is 67.8 cm³/mol. The molecule has 0 aliphatic heterocycles. The van der Waals surface area contributed by atoms with Crippen LogP contribution in [0.3, 0.4) is 0 Å². The number of hydrogen-bond donors (Lipinski definition) is 2. The van der Waals surface area contributed by atoms with Crippen LogP contribution in [0.5, 0.6) is 0 Å². The topological polar surface area (TPSA) is 85.8 Å². The number of nitrogen functional groups attached to an aromatic ring is 1. The van der Waals surface area contributed by atoms with Gasteiger partial charge in [0.25, 0.3) is 5.91 Å². The number of carbonyl (C=O) groups excluding carboxylic acids is 1. The number of nitrogens with zero attached hydrogens (tertiary/aromatic N) is 3. The van der Waals surface area contributed by atoms with Gasteiger partial charge in [-0.3, -0.25) is 9.48 Å². The van der Waals surface area contributed by atoms with Crippen LogP contribution in [0.2, 0.25) is 0 Å². The first-order valence-electron chi connectivity index (χ1n) is 5.74. The van der Waals surface area contributed by atoms with E-state index in [9.17, 15) is 4.79 Å². The molecule has 2 heterocycles. The highest BCUT2D eigenvalue weighted by Crippen LogP contribution is 2.00. The first kappa shape index (κ1) is 12.1. The maximum Gasteiger partial charge on any atom is 0.269 e. The third-order valence-corrected chi connectivity index (χ3v) is 2.41. The van der Waals surface area contributed by atoms with E-state index in [0.717, 1.165) is 13.0 Å². The average Bonchev–Trinajstić information content (AvgIpc) is 2.87. The van der Waals surface area contributed by atoms with Crippen molar-refractivity contribution in [3.63, 3.8) is 0 Å². The molecule has 2 aromatic rings. The molecule has 2 rings (SSSR count). The molecular weight excluding hydrogens is 230 g/mol. The normalized spacial score (nSPS) is 10.2. The first-order valence-corrected chi connectivity index (χ1v) is 5.74. The summed E-state index contributed by atoms with van der Waals surface area (Å²) in [4.78, 5) is 15.7. The van der Waals surface area contributed by atoms with E-state index in [-0.39, 0.29) is 5.91 Å². The number of aryl methyl sites for hydroxylation is 1. The molecule has 6 heteroatoms. The quantitative estimate of drug-likeness (QED) is 0.758. The molecule has 0 saturated heterocycles. The highest BCUT2D eigenvalue weighted by molar-refractivity contribution is 5.92. The Morgan fingerprint density at radius 3 is 3.00 bits per heavy atom. The van der Waals surface area contributed by atoms with Crippen molar-refractivity contribution in [1.29, 1.82) is 0 Å². The van der Waals surface area contributed by atoms with E-state index >= 15 is 0 Å². The van der Waals surface area contributed by atoms with Gasteiger partial charge in [-0.25, -0.2) is 4.98 Å². The van der Waals surface area contributed by atoms with Crippen LogP contribution in [0, 0.1) is 0 Å². The van der Waals surface area contributed by atoms with Crippen LogP contribution < -0.4 is 11.1 Å². The van der Waals surface area contributed by atoms with E-state index in [4.69, 9.17) is 5.73 Å². The van der Waals surface area contributed by atoms with Crippen molar-refractivity contribution in [2.24, 2.45) is 0 Å². The molecule has 0 aromatic carbocycles. The number of rotatable bonds is 5. The summed E-state index contributed by atoms with van der Waals surface area (Å²) >= 11 is 0. The Kier molecular flexibility index (Phi) is 3.90. The van der Waals surface area contributed by atoms with Crippen molar-refractivity contribution < 1.29 is 4.79 Å². The molecule has 6 nitrogen and oxygen atoms in total. The molecule has 3 N–H and O–H groups in total. The number of pyridine rings is 1. The monoisotopic (exact) mass is 245 g/mol. The molecule has 0 unspecified atom stereocenters. The van der Waals surface area contributed by atoms with Gasteiger partial charge < -0.3 is 11.1 Å². The maximum absolute atomic E-state index is 11.7. The van der Waals surface area contributed by atoms with Crippen molar-refractivity contribution in [2.45, 2.75) is 13.0 Å². The number of anilines is 1. The summed E-state index contributed by atoms with van der Waals surface area (Å²) in [5, 5.41) is 6.87. The van der Waals surface area contributed by atoms with Crippen LogP contribution in [-0.2, 0) is 6.54 Å². The van der Waals surface area contributed by atoms with Crippen molar-refractivity contribution in [3.8, 4) is 0 Å². The number of aromatic nitrogens is 3. The lowest BCUT2D eigenvalue weighted by Gasteiger charge is -2.05. The van der Waals surface area contributed by atoms with Crippen LogP contribution >= 0.6 is 0 Å². The molecule has 0 saturated carbocycles. The maximum atomic E-state index is 11.7. The molecule has 0 fully saturated rings. The smallest absolute Gasteiger partial charge is 0.269 e. The zero-order chi connectivity index (χ0) is 12.8. The summed E-state index contributed by atoms with van der Waals surface area (Å²) in [5.41, 5.74) is 5.85. The molecule has 2 aromatic heterocycles. The Morgan fingerprint density at radius 2 is 2.28 bits per heavy atom. The average molecular weight is 245 g/mol. The minimum atomic E-state index is -0.206. The molecule has 0 spiro atoms. The standard InChI is InChI=1S/C12H15N5O/c13-11-5-1-4-10(16-11)12(18)14-6-2-8-17-9-3-7-15-17/h1,3-5,7,9H,2,6,8H2,(H2,13,16)(H,14,18). The van der Waals surface area contributed by atoms with E-state index in [2.05, 4.69) is 15.4 Å². The van der Waals surface area contributed by atoms with Gasteiger partial charge in [0.1, 0.15) is 11.5 Å². The van der Waals surface area contributed by atoms with Gasteiger partial charge in [-0.2, -0.15) is 5.10 Å². The Bertz CT molecular complexity index is 509. The molecule has 18 heavy (non-hydrogen) atoms. The molecule has 0 aliphatic rings. The van der Waals surface area contributed by atoms with Gasteiger partial charge in [0.05, 0.1) is 0 Å². The van der Waals surface area contributed by atoms with Gasteiger partial charge in [-0.05, 0) is 24.6 Å². The minimum absolute atomic E-state index is 0.206. The van der Waals surface area contributed by atoms with Gasteiger partial charge in [-0.15, -0.1) is 0 Å². The van der Waals surface area contributed by atoms with Crippen molar-refractivity contribution in [2.75, 3.05) is 12.3 Å². The predicted octanol–water partition coefficient (Wildman–Crippen LogP) is 0.680. The van der Waals surface area contributed by atoms with Crippen LogP contribution in [0.1, 0.15) is 16.9 Å². The van der Waals surface area contributed by atoms with Crippen molar-refractivity contribution in [3.05, 3.63) is 42.4 Å². The van der Waals surface area contributed by atoms with Crippen LogP contribution in [-0.4, -0.2) is 27.2 Å². The third-order valence-electron chi connectivity index (χ3n) is 2.41. The van der Waals surface area contributed by atoms with Crippen molar-refractivity contribution in [1.82, 2.24) is 20.1 Å². The van der Waals surface area contributed by atoms with Gasteiger partial charge in [-0.1, -0.05) is 6.07 Å². The number of hydrogen-bond acceptors (Lipinski definition) is 4. The Morgan fingerprint density at radius 1 is 1.39 bits per heavy atom. The van der Waals surface area contributed by atoms with Gasteiger partial charge in [0.15, 0.2) is 0 Å². The largest absolute Gasteiger partial charge is 0.384 e. The molecular formula is C12H15N5O. The third kappa shape index (κ3) is 3.31. The molecule has 1 amide bonds. The summed E-state index contributed by atoms with van der Waals surface area (Å²) < 4.78 is 1.82. The lowest BCUT2D eigenvalue weighted by molar-refractivity contribution is 0.0948. The van der Waals surface area contributed by atoms with Gasteiger partial charge >= 0.3 is 0 Å². The van der Waals surface area contributed by atoms with Gasteiger partial charge in [0, 0.05) is 25.5 Å². The second kappa shape index (κ2) is 5.81. The molecule has 0 radical (unpaired) electrons. The van der Waals surface area contributed by atoms with E-state index in [1.807, 2.05) is 16.9 Å². The van der Waals surface area contributed by atoms with Crippen LogP contribution in [0.15, 0.2) is 36.7 Å². The van der Waals surface area contributed by atoms with E-state index in [1.54, 1.807) is 24.4 Å². The summed E-state index contributed by atoms with van der Waals surface area (Å²) in [6, 6.07) is 6.87. The lowest BCUT2D eigenvalue weighted by atomic mass is 10.3. The van der Waals surface area contributed by atoms with E-state index < -0.39 is 0 Å². The van der Waals surface area contributed by atoms with Crippen LogP contribution in [0.4, 0.5) is 5.82 Å². The number of nitrogens with one attached hydrogen (secondary N) is 1. The minimum Gasteiger partial charge on any atom is -0.384 e. The summed E-state index contributed by atoms with van der Waals surface area (Å²) in [6.45, 7) is 1.35. The molecule has 0 bridgehead atoms. The zero-order valence-corrected chi connectivity index (χ0v) is 9.91. The summed E-state index contributed by atoms with van der Waals surface area (Å²) in [7, 11) is 0. The number of amides is 1. The second-order valence-corrected chi connectivity index (χ2v) is 3.83. The first-order chi connectivity index (χ1) is 8.75. The molecule has 0 aliphatic carbocycles.